The molecule has 0 bridgehead atoms. The molecule has 0 radical (unpaired) electrons. The fourth-order valence-corrected chi connectivity index (χ4v) is 4.84. The van der Waals surface area contributed by atoms with Gasteiger partial charge in [0.05, 0.1) is 13.0 Å². The number of benzene rings is 2. The maximum absolute atomic E-state index is 14.0. The zero-order valence-corrected chi connectivity index (χ0v) is 23.8. The molecule has 0 spiro atoms. The summed E-state index contributed by atoms with van der Waals surface area (Å²) in [4.78, 5) is 25.7. The molecular weight excluding hydrogens is 519 g/mol. The van der Waals surface area contributed by atoms with E-state index in [1.165, 1.54) is 6.07 Å². The summed E-state index contributed by atoms with van der Waals surface area (Å²) < 4.78 is 30.3. The second-order valence-electron chi connectivity index (χ2n) is 9.39. The molecule has 0 saturated carbocycles. The Morgan fingerprint density at radius 1 is 1.13 bits per heavy atom. The first-order valence-corrected chi connectivity index (χ1v) is 14.4. The van der Waals surface area contributed by atoms with Gasteiger partial charge in [0.25, 0.3) is 0 Å². The molecule has 7 nitrogen and oxygen atoms in total. The minimum atomic E-state index is -0.780. The van der Waals surface area contributed by atoms with E-state index in [-0.39, 0.29) is 11.5 Å². The summed E-state index contributed by atoms with van der Waals surface area (Å²) >= 11 is 1.57. The van der Waals surface area contributed by atoms with Gasteiger partial charge in [0.1, 0.15) is 23.3 Å². The first-order chi connectivity index (χ1) is 18.8. The summed E-state index contributed by atoms with van der Waals surface area (Å²) in [5.41, 5.74) is 1.87. The minimum Gasteiger partial charge on any atom is -0.465 e. The molecule has 0 aliphatic rings. The third-order valence-corrected chi connectivity index (χ3v) is 7.45. The first kappa shape index (κ1) is 30.2. The number of thioether (sulfide) groups is 1. The minimum absolute atomic E-state index is 0.168. The number of amides is 1. The highest BCUT2D eigenvalue weighted by Gasteiger charge is 2.21. The number of aryl methyl sites for hydroxylation is 1. The number of anilines is 1. The van der Waals surface area contributed by atoms with Crippen molar-refractivity contribution < 1.29 is 28.0 Å². The lowest BCUT2D eigenvalue weighted by atomic mass is 10.0. The number of aromatic nitrogens is 1. The van der Waals surface area contributed by atoms with Gasteiger partial charge in [-0.1, -0.05) is 56.5 Å². The van der Waals surface area contributed by atoms with E-state index in [1.807, 2.05) is 24.3 Å². The summed E-state index contributed by atoms with van der Waals surface area (Å²) in [5, 5.41) is 6.66. The van der Waals surface area contributed by atoms with E-state index in [1.54, 1.807) is 43.8 Å². The Balaban J connectivity index is 1.51. The van der Waals surface area contributed by atoms with Gasteiger partial charge in [-0.05, 0) is 56.5 Å². The number of carbonyl (C=O) groups is 2. The number of hydrogen-bond acceptors (Lipinski definition) is 7. The molecule has 0 fully saturated rings. The highest BCUT2D eigenvalue weighted by molar-refractivity contribution is 7.99. The van der Waals surface area contributed by atoms with Crippen LogP contribution in [0.2, 0.25) is 0 Å². The summed E-state index contributed by atoms with van der Waals surface area (Å²) in [6.45, 7) is 8.10. The Kier molecular flexibility index (Phi) is 11.9. The Labute approximate surface area is 233 Å². The van der Waals surface area contributed by atoms with Gasteiger partial charge in [0, 0.05) is 21.8 Å². The maximum atomic E-state index is 14.0. The quantitative estimate of drug-likeness (QED) is 0.158. The second kappa shape index (κ2) is 15.3. The average molecular weight is 557 g/mol. The number of nitrogens with zero attached hydrogens (tertiary/aromatic N) is 1. The summed E-state index contributed by atoms with van der Waals surface area (Å²) in [6.07, 6.45) is 3.24. The van der Waals surface area contributed by atoms with E-state index in [4.69, 9.17) is 14.0 Å². The number of carbonyl (C=O) groups excluding carboxylic acids is 2. The van der Waals surface area contributed by atoms with Gasteiger partial charge in [0.15, 0.2) is 5.76 Å². The molecule has 39 heavy (non-hydrogen) atoms. The van der Waals surface area contributed by atoms with Gasteiger partial charge in [-0.15, -0.1) is 11.8 Å². The number of esters is 1. The van der Waals surface area contributed by atoms with E-state index in [0.717, 1.165) is 36.1 Å². The van der Waals surface area contributed by atoms with Crippen molar-refractivity contribution in [3.05, 3.63) is 65.6 Å². The lowest BCUT2D eigenvalue weighted by Crippen LogP contribution is -2.17. The SMILES string of the molecule is CCCCC(CC)COC(=O)CCSc1ccc(-c2onc(C)c2NC(=O)OC(C)c2ccccc2F)cc1. The smallest absolute Gasteiger partial charge is 0.412 e. The van der Waals surface area contributed by atoms with Crippen molar-refractivity contribution in [1.29, 1.82) is 0 Å². The van der Waals surface area contributed by atoms with Gasteiger partial charge in [0.2, 0.25) is 0 Å². The van der Waals surface area contributed by atoms with E-state index in [0.29, 0.717) is 41.8 Å². The van der Waals surface area contributed by atoms with E-state index < -0.39 is 18.0 Å². The number of unbranched alkanes of at least 4 members (excludes halogenated alkanes) is 1. The number of nitrogens with one attached hydrogen (secondary N) is 1. The van der Waals surface area contributed by atoms with Crippen LogP contribution in [0.25, 0.3) is 11.3 Å². The predicted octanol–water partition coefficient (Wildman–Crippen LogP) is 8.34. The molecule has 0 saturated heterocycles. The van der Waals surface area contributed by atoms with Gasteiger partial charge in [-0.3, -0.25) is 10.1 Å². The van der Waals surface area contributed by atoms with Crippen LogP contribution in [0.15, 0.2) is 57.9 Å². The van der Waals surface area contributed by atoms with Crippen molar-refractivity contribution in [2.45, 2.75) is 70.8 Å². The molecule has 2 unspecified atom stereocenters. The molecule has 1 amide bonds. The third kappa shape index (κ3) is 9.13. The first-order valence-electron chi connectivity index (χ1n) is 13.4. The average Bonchev–Trinajstić information content (AvgIpc) is 3.28. The highest BCUT2D eigenvalue weighted by atomic mass is 32.2. The summed E-state index contributed by atoms with van der Waals surface area (Å²) in [5.74, 6) is 0.826. The van der Waals surface area contributed by atoms with Gasteiger partial charge >= 0.3 is 12.1 Å². The molecule has 3 rings (SSSR count). The van der Waals surface area contributed by atoms with Crippen LogP contribution in [-0.2, 0) is 14.3 Å². The Morgan fingerprint density at radius 2 is 1.87 bits per heavy atom. The van der Waals surface area contributed by atoms with Crippen LogP contribution in [-0.4, -0.2) is 29.6 Å². The number of rotatable bonds is 14. The van der Waals surface area contributed by atoms with E-state index in [2.05, 4.69) is 24.3 Å². The summed E-state index contributed by atoms with van der Waals surface area (Å²) in [6, 6.07) is 13.7. The Hall–Kier alpha value is -3.33. The fourth-order valence-electron chi connectivity index (χ4n) is 4.01. The Morgan fingerprint density at radius 3 is 2.56 bits per heavy atom. The molecule has 0 aliphatic carbocycles. The van der Waals surface area contributed by atoms with Crippen LogP contribution in [0, 0.1) is 18.7 Å². The predicted molar refractivity (Wildman–Crippen MR) is 151 cm³/mol. The van der Waals surface area contributed by atoms with Crippen molar-refractivity contribution in [2.75, 3.05) is 17.7 Å². The van der Waals surface area contributed by atoms with Crippen LogP contribution < -0.4 is 5.32 Å². The topological polar surface area (TPSA) is 90.7 Å². The highest BCUT2D eigenvalue weighted by Crippen LogP contribution is 2.33. The molecule has 1 aromatic heterocycles. The van der Waals surface area contributed by atoms with Gasteiger partial charge in [-0.2, -0.15) is 0 Å². The third-order valence-electron chi connectivity index (χ3n) is 6.43. The normalized spacial score (nSPS) is 12.5. The largest absolute Gasteiger partial charge is 0.465 e. The van der Waals surface area contributed by atoms with E-state index in [9.17, 15) is 14.0 Å². The zero-order chi connectivity index (χ0) is 28.2. The standard InChI is InChI=1S/C30H37FN2O5S/c1-5-7-10-22(6-2)19-36-27(34)17-18-39-24-15-13-23(14-16-24)29-28(20(3)33-38-29)32-30(35)37-21(4)25-11-8-9-12-26(25)31/h8-9,11-16,21-22H,5-7,10,17-19H2,1-4H3,(H,32,35). The van der Waals surface area contributed by atoms with Crippen molar-refractivity contribution in [3.8, 4) is 11.3 Å². The van der Waals surface area contributed by atoms with Crippen LogP contribution >= 0.6 is 11.8 Å². The Bertz CT molecular complexity index is 1210. The fraction of sp³-hybridized carbons (Fsp3) is 0.433. The van der Waals surface area contributed by atoms with Crippen LogP contribution in [0.3, 0.4) is 0 Å². The molecule has 1 N–H and O–H groups in total. The number of halogens is 1. The molecule has 3 aromatic rings. The lowest BCUT2D eigenvalue weighted by molar-refractivity contribution is -0.144. The van der Waals surface area contributed by atoms with Gasteiger partial charge < -0.3 is 14.0 Å². The second-order valence-corrected chi connectivity index (χ2v) is 10.6. The molecule has 1 heterocycles. The van der Waals surface area contributed by atoms with Crippen LogP contribution in [0.1, 0.15) is 70.2 Å². The van der Waals surface area contributed by atoms with Crippen molar-refractivity contribution in [2.24, 2.45) is 5.92 Å². The monoisotopic (exact) mass is 556 g/mol. The molecule has 210 valence electrons. The number of hydrogen-bond donors (Lipinski definition) is 1. The molecular formula is C30H37FN2O5S. The van der Waals surface area contributed by atoms with Crippen molar-refractivity contribution >= 4 is 29.5 Å². The lowest BCUT2D eigenvalue weighted by Gasteiger charge is -2.15. The molecule has 0 aliphatic heterocycles. The van der Waals surface area contributed by atoms with Gasteiger partial charge in [-0.25, -0.2) is 9.18 Å². The molecule has 2 aromatic carbocycles. The van der Waals surface area contributed by atoms with Crippen LogP contribution in [0.5, 0.6) is 0 Å². The number of ether oxygens (including phenoxy) is 2. The van der Waals surface area contributed by atoms with Crippen molar-refractivity contribution in [1.82, 2.24) is 5.16 Å². The molecule has 9 heteroatoms. The van der Waals surface area contributed by atoms with E-state index >= 15 is 0 Å². The maximum Gasteiger partial charge on any atom is 0.412 e. The summed E-state index contributed by atoms with van der Waals surface area (Å²) in [7, 11) is 0. The zero-order valence-electron chi connectivity index (χ0n) is 23.0. The molecule has 2 atom stereocenters. The van der Waals surface area contributed by atoms with Crippen LogP contribution in [0.4, 0.5) is 14.9 Å². The van der Waals surface area contributed by atoms with Crippen molar-refractivity contribution in [3.63, 3.8) is 0 Å².